The van der Waals surface area contributed by atoms with Gasteiger partial charge in [-0.2, -0.15) is 0 Å². The van der Waals surface area contributed by atoms with Crippen molar-refractivity contribution in [3.63, 3.8) is 0 Å². The first-order valence-corrected chi connectivity index (χ1v) is 25.0. The molecule has 0 saturated heterocycles. The van der Waals surface area contributed by atoms with Crippen molar-refractivity contribution >= 4 is 33.3 Å². The van der Waals surface area contributed by atoms with Gasteiger partial charge in [0.2, 0.25) is 0 Å². The van der Waals surface area contributed by atoms with Gasteiger partial charge in [-0.3, -0.25) is 4.99 Å². The minimum atomic E-state index is 0.191. The first-order chi connectivity index (χ1) is 32.9. The van der Waals surface area contributed by atoms with Crippen molar-refractivity contribution in [3.8, 4) is 16.8 Å². The van der Waals surface area contributed by atoms with Gasteiger partial charge in [0.15, 0.2) is 0 Å². The van der Waals surface area contributed by atoms with E-state index in [0.717, 1.165) is 63.5 Å². The van der Waals surface area contributed by atoms with Crippen molar-refractivity contribution in [2.24, 2.45) is 16.8 Å². The van der Waals surface area contributed by atoms with E-state index in [1.807, 2.05) is 0 Å². The minimum Gasteiger partial charge on any atom is -0.316 e. The summed E-state index contributed by atoms with van der Waals surface area (Å²) >= 11 is 0. The normalized spacial score (nSPS) is 18.2. The van der Waals surface area contributed by atoms with E-state index in [-0.39, 0.29) is 5.92 Å². The van der Waals surface area contributed by atoms with E-state index >= 15 is 0 Å². The quantitative estimate of drug-likeness (QED) is 0.103. The molecular weight excluding hydrogens is 809 g/mol. The average molecular weight is 873 g/mol. The molecule has 334 valence electrons. The van der Waals surface area contributed by atoms with Crippen LogP contribution < -0.4 is 0 Å². The molecule has 3 aliphatic carbocycles. The number of hydrogen-bond acceptors (Lipinski definition) is 1. The third-order valence-corrected chi connectivity index (χ3v) is 15.2. The highest BCUT2D eigenvalue weighted by Crippen LogP contribution is 2.45. The van der Waals surface area contributed by atoms with E-state index in [9.17, 15) is 0 Å². The molecule has 2 heterocycles. The fraction of sp³-hybridized carbons (Fsp3) is 0.246. The maximum atomic E-state index is 5.75. The SMILES string of the molecule is C=C/C(=C(/C)c1cn(-c2cccc(C3=CC(C(C)C4Cc5ccccc5-c5ccccc54)=NC(C4=CCCC=C4)=C(CC)C3)c2)c2ccccc12)c1ccccc1CC(CC)C1=CC=CCC1. The molecule has 0 saturated carbocycles. The van der Waals surface area contributed by atoms with E-state index in [2.05, 4.69) is 215 Å². The predicted molar refractivity (Wildman–Crippen MR) is 288 cm³/mol. The highest BCUT2D eigenvalue weighted by atomic mass is 15.0. The summed E-state index contributed by atoms with van der Waals surface area (Å²) in [6, 6.07) is 45.2. The lowest BCUT2D eigenvalue weighted by Crippen LogP contribution is -2.24. The molecule has 2 nitrogen and oxygen atoms in total. The summed E-state index contributed by atoms with van der Waals surface area (Å²) in [6.45, 7) is 13.8. The van der Waals surface area contributed by atoms with E-state index in [0.29, 0.717) is 11.8 Å². The standard InChI is InChI=1S/C65H64N2/c1-6-46(48-24-11-9-12-25-48)38-51-28-15-17-32-56(51)55(8-3)44(4)62-43-67(64-37-22-21-36-60(62)64)54-31-23-30-50(40-54)53-39-47(7-2)65(49-26-13-10-14-27-49)66-63(42-53)45(5)61-41-52-29-16-18-33-57(52)58-34-19-20-35-59(58)61/h8-9,11,13,15-24,26-37,40,42-43,45-46,61H,3,6-7,10,12,14,25,38-39,41H2,1-2,4-5H3/b55-44+. The number of benzene rings is 5. The van der Waals surface area contributed by atoms with Gasteiger partial charge in [-0.05, 0) is 168 Å². The number of hydrogen-bond donors (Lipinski definition) is 0. The van der Waals surface area contributed by atoms with Crippen LogP contribution in [0.5, 0.6) is 0 Å². The summed E-state index contributed by atoms with van der Waals surface area (Å²) in [7, 11) is 0. The van der Waals surface area contributed by atoms with E-state index in [1.54, 1.807) is 5.57 Å². The van der Waals surface area contributed by atoms with Gasteiger partial charge in [0, 0.05) is 34.5 Å². The molecule has 0 fully saturated rings. The van der Waals surface area contributed by atoms with Gasteiger partial charge < -0.3 is 4.57 Å². The summed E-state index contributed by atoms with van der Waals surface area (Å²) in [5, 5.41) is 1.24. The Balaban J connectivity index is 1.05. The third kappa shape index (κ3) is 8.71. The predicted octanol–water partition coefficient (Wildman–Crippen LogP) is 17.4. The van der Waals surface area contributed by atoms with Crippen LogP contribution in [0, 0.1) is 11.8 Å². The number of fused-ring (bicyclic) bond motifs is 4. The van der Waals surface area contributed by atoms with Gasteiger partial charge >= 0.3 is 0 Å². The number of rotatable bonds is 13. The Morgan fingerprint density at radius 2 is 1.64 bits per heavy atom. The fourth-order valence-corrected chi connectivity index (χ4v) is 11.5. The maximum absolute atomic E-state index is 5.75. The van der Waals surface area contributed by atoms with E-state index in [1.165, 1.54) is 94.7 Å². The number of para-hydroxylation sites is 1. The molecule has 1 aromatic heterocycles. The molecule has 4 aliphatic rings. The zero-order valence-electron chi connectivity index (χ0n) is 39.9. The summed E-state index contributed by atoms with van der Waals surface area (Å²) in [6.07, 6.45) is 30.3. The van der Waals surface area contributed by atoms with Crippen LogP contribution in [-0.4, -0.2) is 10.3 Å². The minimum absolute atomic E-state index is 0.191. The molecule has 0 N–H and O–H groups in total. The lowest BCUT2D eigenvalue weighted by Gasteiger charge is -2.32. The highest BCUT2D eigenvalue weighted by Gasteiger charge is 2.32. The third-order valence-electron chi connectivity index (χ3n) is 15.2. The lowest BCUT2D eigenvalue weighted by molar-refractivity contribution is 0.563. The van der Waals surface area contributed by atoms with E-state index < -0.39 is 0 Å². The molecule has 6 aromatic rings. The van der Waals surface area contributed by atoms with Crippen molar-refractivity contribution in [1.82, 2.24) is 4.57 Å². The van der Waals surface area contributed by atoms with Gasteiger partial charge in [0.05, 0.1) is 11.2 Å². The Morgan fingerprint density at radius 1 is 0.836 bits per heavy atom. The van der Waals surface area contributed by atoms with Crippen molar-refractivity contribution < 1.29 is 0 Å². The Bertz CT molecular complexity index is 3120. The first-order valence-electron chi connectivity index (χ1n) is 25.0. The largest absolute Gasteiger partial charge is 0.316 e. The molecule has 3 atom stereocenters. The maximum Gasteiger partial charge on any atom is 0.0697 e. The number of aliphatic imine (C=N–C) groups is 1. The summed E-state index contributed by atoms with van der Waals surface area (Å²) < 4.78 is 2.41. The summed E-state index contributed by atoms with van der Waals surface area (Å²) in [4.78, 5) is 5.75. The molecule has 10 rings (SSSR count). The molecule has 0 amide bonds. The van der Waals surface area contributed by atoms with Gasteiger partial charge in [-0.15, -0.1) is 0 Å². The number of nitrogens with zero attached hydrogens (tertiary/aromatic N) is 2. The second kappa shape index (κ2) is 19.6. The molecular formula is C65H64N2. The Morgan fingerprint density at radius 3 is 2.45 bits per heavy atom. The molecule has 0 spiro atoms. The van der Waals surface area contributed by atoms with Gasteiger partial charge in [0.1, 0.15) is 0 Å². The van der Waals surface area contributed by atoms with Crippen molar-refractivity contribution in [2.75, 3.05) is 0 Å². The van der Waals surface area contributed by atoms with Crippen molar-refractivity contribution in [1.29, 1.82) is 0 Å². The van der Waals surface area contributed by atoms with Gasteiger partial charge in [0.25, 0.3) is 0 Å². The fourth-order valence-electron chi connectivity index (χ4n) is 11.5. The van der Waals surface area contributed by atoms with Crippen LogP contribution in [0.3, 0.4) is 0 Å². The molecule has 67 heavy (non-hydrogen) atoms. The van der Waals surface area contributed by atoms with E-state index in [4.69, 9.17) is 4.99 Å². The van der Waals surface area contributed by atoms with Crippen molar-refractivity contribution in [2.45, 2.75) is 91.4 Å². The first kappa shape index (κ1) is 44.1. The van der Waals surface area contributed by atoms with Crippen LogP contribution in [0.4, 0.5) is 0 Å². The Kier molecular flexibility index (Phi) is 12.9. The highest BCUT2D eigenvalue weighted by molar-refractivity contribution is 6.06. The van der Waals surface area contributed by atoms with Crippen LogP contribution >= 0.6 is 0 Å². The lowest BCUT2D eigenvalue weighted by atomic mass is 9.72. The summed E-state index contributed by atoms with van der Waals surface area (Å²) in [5.74, 6) is 1.03. The number of aromatic nitrogens is 1. The topological polar surface area (TPSA) is 17.3 Å². The molecule has 3 unspecified atom stereocenters. The van der Waals surface area contributed by atoms with Crippen LogP contribution in [0.15, 0.2) is 210 Å². The second-order valence-corrected chi connectivity index (χ2v) is 19.1. The van der Waals surface area contributed by atoms with Gasteiger partial charge in [-0.1, -0.05) is 179 Å². The molecule has 1 aliphatic heterocycles. The average Bonchev–Trinajstić information content (AvgIpc) is 3.67. The Hall–Kier alpha value is -6.77. The molecule has 0 bridgehead atoms. The van der Waals surface area contributed by atoms with Crippen LogP contribution in [0.25, 0.3) is 44.4 Å². The van der Waals surface area contributed by atoms with Crippen molar-refractivity contribution in [3.05, 3.63) is 239 Å². The van der Waals surface area contributed by atoms with Crippen LogP contribution in [0.1, 0.15) is 112 Å². The molecule has 0 radical (unpaired) electrons. The summed E-state index contributed by atoms with van der Waals surface area (Å²) in [5.41, 5.74) is 23.4. The molecule has 2 heteroatoms. The second-order valence-electron chi connectivity index (χ2n) is 19.1. The van der Waals surface area contributed by atoms with Crippen LogP contribution in [0.2, 0.25) is 0 Å². The zero-order valence-corrected chi connectivity index (χ0v) is 39.9. The Labute approximate surface area is 399 Å². The van der Waals surface area contributed by atoms with Crippen LogP contribution in [-0.2, 0) is 12.8 Å². The smallest absolute Gasteiger partial charge is 0.0697 e. The monoisotopic (exact) mass is 873 g/mol. The molecule has 5 aromatic carbocycles. The van der Waals surface area contributed by atoms with Gasteiger partial charge in [-0.25, -0.2) is 0 Å². The number of allylic oxidation sites excluding steroid dienone is 13. The zero-order chi connectivity index (χ0) is 45.9.